The molecule has 5 nitrogen and oxygen atoms in total. The molecule has 0 saturated carbocycles. The minimum absolute atomic E-state index is 0.144. The van der Waals surface area contributed by atoms with Gasteiger partial charge < -0.3 is 14.6 Å². The summed E-state index contributed by atoms with van der Waals surface area (Å²) in [5.41, 5.74) is 0. The molecule has 0 radical (unpaired) electrons. The summed E-state index contributed by atoms with van der Waals surface area (Å²) in [6.07, 6.45) is -0.689. The lowest BCUT2D eigenvalue weighted by Gasteiger charge is -2.52. The second-order valence-electron chi connectivity index (χ2n) is 9.52. The minimum atomic E-state index is -1.86. The van der Waals surface area contributed by atoms with Crippen molar-refractivity contribution in [3.05, 3.63) is 0 Å². The van der Waals surface area contributed by atoms with Crippen LogP contribution in [0.2, 0.25) is 23.2 Å². The van der Waals surface area contributed by atoms with Crippen LogP contribution in [-0.2, 0) is 9.47 Å². The number of ether oxygens (including phenoxy) is 2. The Labute approximate surface area is 154 Å². The standard InChI is InChI=1S/C19H38N2O3Si/c1-12(2)13-16(23-8)21-14(17(20-13)24-9)15(22)19(6,7)25(10,11)18(3,4)5/h12-15,22H,1-11H3/t13-,14+,15+/m0/s1. The lowest BCUT2D eigenvalue weighted by atomic mass is 9.95. The van der Waals surface area contributed by atoms with Gasteiger partial charge in [0.05, 0.1) is 28.4 Å². The average Bonchev–Trinajstić information content (AvgIpc) is 2.51. The molecular weight excluding hydrogens is 332 g/mol. The molecule has 0 aromatic rings. The molecule has 0 aromatic heterocycles. The number of aliphatic hydroxyl groups is 1. The highest BCUT2D eigenvalue weighted by atomic mass is 28.3. The van der Waals surface area contributed by atoms with Crippen molar-refractivity contribution in [3.8, 4) is 0 Å². The Kier molecular flexibility index (Phi) is 6.55. The normalized spacial score (nSPS) is 23.9. The van der Waals surface area contributed by atoms with Gasteiger partial charge in [-0.3, -0.25) is 0 Å². The van der Waals surface area contributed by atoms with Gasteiger partial charge in [-0.1, -0.05) is 61.6 Å². The molecule has 1 aliphatic heterocycles. The van der Waals surface area contributed by atoms with Crippen molar-refractivity contribution >= 4 is 19.9 Å². The van der Waals surface area contributed by atoms with Crippen LogP contribution in [0.25, 0.3) is 0 Å². The third-order valence-corrected chi connectivity index (χ3v) is 13.9. The molecule has 1 heterocycles. The first-order chi connectivity index (χ1) is 11.2. The van der Waals surface area contributed by atoms with E-state index in [9.17, 15) is 5.11 Å². The van der Waals surface area contributed by atoms with Crippen LogP contribution in [0.3, 0.4) is 0 Å². The topological polar surface area (TPSA) is 63.4 Å². The molecule has 6 heteroatoms. The number of aliphatic imine (C=N–C) groups is 2. The third-order valence-electron chi connectivity index (χ3n) is 6.61. The maximum atomic E-state index is 11.4. The van der Waals surface area contributed by atoms with Gasteiger partial charge in [0.1, 0.15) is 6.04 Å². The first-order valence-electron chi connectivity index (χ1n) is 9.13. The molecule has 1 N–H and O–H groups in total. The summed E-state index contributed by atoms with van der Waals surface area (Å²) in [5.74, 6) is 1.32. The molecule has 0 amide bonds. The monoisotopic (exact) mass is 370 g/mol. The molecule has 0 unspecified atom stereocenters. The Bertz CT molecular complexity index is 533. The highest BCUT2D eigenvalue weighted by Crippen LogP contribution is 2.54. The fraction of sp³-hybridized carbons (Fsp3) is 0.895. The molecule has 0 aliphatic carbocycles. The van der Waals surface area contributed by atoms with Crippen molar-refractivity contribution in [2.75, 3.05) is 14.2 Å². The zero-order chi connectivity index (χ0) is 19.8. The second-order valence-corrected chi connectivity index (χ2v) is 15.6. The number of nitrogens with zero attached hydrogens (tertiary/aromatic N) is 2. The summed E-state index contributed by atoms with van der Waals surface area (Å²) in [6.45, 7) is 19.9. The van der Waals surface area contributed by atoms with Crippen molar-refractivity contribution < 1.29 is 14.6 Å². The molecule has 0 aromatic carbocycles. The summed E-state index contributed by atoms with van der Waals surface area (Å²) < 4.78 is 11.0. The van der Waals surface area contributed by atoms with Crippen molar-refractivity contribution in [1.82, 2.24) is 0 Å². The van der Waals surface area contributed by atoms with E-state index in [0.717, 1.165) is 0 Å². The molecule has 0 spiro atoms. The number of hydrogen-bond acceptors (Lipinski definition) is 5. The summed E-state index contributed by atoms with van der Waals surface area (Å²) in [4.78, 5) is 9.43. The number of aliphatic hydroxyl groups excluding tert-OH is 1. The van der Waals surface area contributed by atoms with Gasteiger partial charge in [-0.05, 0) is 16.0 Å². The lowest BCUT2D eigenvalue weighted by molar-refractivity contribution is 0.110. The van der Waals surface area contributed by atoms with Gasteiger partial charge in [-0.25, -0.2) is 9.98 Å². The molecule has 3 atom stereocenters. The van der Waals surface area contributed by atoms with Crippen LogP contribution < -0.4 is 0 Å². The first-order valence-corrected chi connectivity index (χ1v) is 12.1. The van der Waals surface area contributed by atoms with E-state index in [1.807, 2.05) is 0 Å². The van der Waals surface area contributed by atoms with E-state index in [1.165, 1.54) is 0 Å². The predicted octanol–water partition coefficient (Wildman–Crippen LogP) is 4.13. The largest absolute Gasteiger partial charge is 0.483 e. The summed E-state index contributed by atoms with van der Waals surface area (Å²) in [7, 11) is 1.35. The van der Waals surface area contributed by atoms with Gasteiger partial charge in [0.2, 0.25) is 11.8 Å². The number of hydrogen-bond donors (Lipinski definition) is 1. The van der Waals surface area contributed by atoms with Crippen LogP contribution in [0.5, 0.6) is 0 Å². The smallest absolute Gasteiger partial charge is 0.212 e. The van der Waals surface area contributed by atoms with E-state index in [2.05, 4.69) is 61.6 Å². The Morgan fingerprint density at radius 2 is 1.32 bits per heavy atom. The Morgan fingerprint density at radius 3 is 1.68 bits per heavy atom. The molecule has 0 saturated heterocycles. The molecule has 1 rings (SSSR count). The van der Waals surface area contributed by atoms with E-state index < -0.39 is 20.2 Å². The molecule has 0 bridgehead atoms. The van der Waals surface area contributed by atoms with Crippen LogP contribution >= 0.6 is 0 Å². The third kappa shape index (κ3) is 3.95. The van der Waals surface area contributed by atoms with Gasteiger partial charge in [0.15, 0.2) is 6.04 Å². The van der Waals surface area contributed by atoms with Gasteiger partial charge in [0, 0.05) is 0 Å². The van der Waals surface area contributed by atoms with E-state index >= 15 is 0 Å². The predicted molar refractivity (Wildman–Crippen MR) is 109 cm³/mol. The quantitative estimate of drug-likeness (QED) is 0.757. The highest BCUT2D eigenvalue weighted by Gasteiger charge is 2.54. The van der Waals surface area contributed by atoms with E-state index in [0.29, 0.717) is 11.8 Å². The van der Waals surface area contributed by atoms with Gasteiger partial charge in [-0.15, -0.1) is 0 Å². The van der Waals surface area contributed by atoms with Crippen LogP contribution in [-0.4, -0.2) is 57.4 Å². The maximum Gasteiger partial charge on any atom is 0.212 e. The zero-order valence-electron chi connectivity index (χ0n) is 18.0. The number of rotatable bonds is 4. The molecule has 25 heavy (non-hydrogen) atoms. The Morgan fingerprint density at radius 1 is 0.920 bits per heavy atom. The van der Waals surface area contributed by atoms with E-state index in [1.54, 1.807) is 14.2 Å². The minimum Gasteiger partial charge on any atom is -0.483 e. The SMILES string of the molecule is COC1=N[C@H]([C@@H](O)C(C)(C)[Si](C)(C)C(C)(C)C)C(OC)=N[C@H]1C(C)C. The van der Waals surface area contributed by atoms with Gasteiger partial charge in [-0.2, -0.15) is 0 Å². The van der Waals surface area contributed by atoms with Crippen LogP contribution in [0, 0.1) is 5.92 Å². The Hall–Kier alpha value is -0.883. The Balaban J connectivity index is 3.33. The molecule has 1 aliphatic rings. The zero-order valence-corrected chi connectivity index (χ0v) is 19.0. The van der Waals surface area contributed by atoms with Crippen molar-refractivity contribution in [2.45, 2.75) is 89.8 Å². The van der Waals surface area contributed by atoms with Crippen LogP contribution in [0.1, 0.15) is 48.5 Å². The average molecular weight is 371 g/mol. The molecule has 146 valence electrons. The van der Waals surface area contributed by atoms with Gasteiger partial charge in [0.25, 0.3) is 0 Å². The van der Waals surface area contributed by atoms with Crippen molar-refractivity contribution in [2.24, 2.45) is 15.9 Å². The molecular formula is C19H38N2O3Si. The van der Waals surface area contributed by atoms with E-state index in [4.69, 9.17) is 19.5 Å². The van der Waals surface area contributed by atoms with E-state index in [-0.39, 0.29) is 22.0 Å². The van der Waals surface area contributed by atoms with Crippen LogP contribution in [0.15, 0.2) is 9.98 Å². The fourth-order valence-electron chi connectivity index (χ4n) is 3.26. The van der Waals surface area contributed by atoms with Gasteiger partial charge >= 0.3 is 0 Å². The summed E-state index contributed by atoms with van der Waals surface area (Å²) in [6, 6.07) is -0.696. The first kappa shape index (κ1) is 22.2. The lowest BCUT2D eigenvalue weighted by Crippen LogP contribution is -2.57. The van der Waals surface area contributed by atoms with Crippen molar-refractivity contribution in [3.63, 3.8) is 0 Å². The summed E-state index contributed by atoms with van der Waals surface area (Å²) in [5, 5.41) is 11.2. The summed E-state index contributed by atoms with van der Waals surface area (Å²) >= 11 is 0. The van der Waals surface area contributed by atoms with Crippen LogP contribution in [0.4, 0.5) is 0 Å². The van der Waals surface area contributed by atoms with Crippen molar-refractivity contribution in [1.29, 1.82) is 0 Å². The highest BCUT2D eigenvalue weighted by molar-refractivity contribution is 6.83. The number of methoxy groups -OCH3 is 2. The second kappa shape index (κ2) is 7.39. The molecule has 0 fully saturated rings. The maximum absolute atomic E-state index is 11.4. The fourth-order valence-corrected chi connectivity index (χ4v) is 6.09.